The third kappa shape index (κ3) is 2.52. The normalized spacial score (nSPS) is 22.3. The fourth-order valence-electron chi connectivity index (χ4n) is 4.00. The van der Waals surface area contributed by atoms with Crippen molar-refractivity contribution in [2.45, 2.75) is 51.6 Å². The van der Waals surface area contributed by atoms with Gasteiger partial charge in [-0.25, -0.2) is 0 Å². The quantitative estimate of drug-likeness (QED) is 0.778. The van der Waals surface area contributed by atoms with Gasteiger partial charge >= 0.3 is 0 Å². The zero-order chi connectivity index (χ0) is 17.1. The Bertz CT molecular complexity index is 731. The van der Waals surface area contributed by atoms with Crippen LogP contribution >= 0.6 is 11.6 Å². The molecule has 1 aromatic carbocycles. The maximum atomic E-state index is 12.8. The van der Waals surface area contributed by atoms with Gasteiger partial charge in [0.2, 0.25) is 5.91 Å². The zero-order valence-electron chi connectivity index (χ0n) is 14.2. The Hall–Kier alpha value is -1.55. The largest absolute Gasteiger partial charge is 0.486 e. The number of hydrogen-bond donors (Lipinski definition) is 0. The number of nitrogens with zero attached hydrogens (tertiary/aromatic N) is 1. The van der Waals surface area contributed by atoms with Gasteiger partial charge in [0.15, 0.2) is 5.78 Å². The molecule has 0 atom stereocenters. The Kier molecular flexibility index (Phi) is 3.64. The second kappa shape index (κ2) is 5.48. The second-order valence-electron chi connectivity index (χ2n) is 7.49. The summed E-state index contributed by atoms with van der Waals surface area (Å²) in [6.07, 6.45) is 3.88. The Morgan fingerprint density at radius 1 is 1.29 bits per heavy atom. The number of hydrogen-bond acceptors (Lipinski definition) is 3. The molecule has 0 unspecified atom stereocenters. The Morgan fingerprint density at radius 2 is 1.96 bits per heavy atom. The number of amides is 1. The van der Waals surface area contributed by atoms with Crippen molar-refractivity contribution in [1.82, 2.24) is 4.90 Å². The number of piperidine rings is 1. The third-order valence-corrected chi connectivity index (χ3v) is 6.23. The van der Waals surface area contributed by atoms with E-state index >= 15 is 0 Å². The van der Waals surface area contributed by atoms with Crippen molar-refractivity contribution in [1.29, 1.82) is 0 Å². The number of halogens is 1. The van der Waals surface area contributed by atoms with E-state index in [2.05, 4.69) is 0 Å². The van der Waals surface area contributed by atoms with Crippen LogP contribution < -0.4 is 4.74 Å². The average molecular weight is 348 g/mol. The van der Waals surface area contributed by atoms with Crippen molar-refractivity contribution in [3.63, 3.8) is 0 Å². The first-order valence-corrected chi connectivity index (χ1v) is 9.09. The predicted molar refractivity (Wildman–Crippen MR) is 91.8 cm³/mol. The van der Waals surface area contributed by atoms with Gasteiger partial charge in [-0.1, -0.05) is 11.6 Å². The van der Waals surface area contributed by atoms with Crippen molar-refractivity contribution < 1.29 is 14.3 Å². The number of benzene rings is 1. The summed E-state index contributed by atoms with van der Waals surface area (Å²) < 4.78 is 6.33. The van der Waals surface area contributed by atoms with Gasteiger partial charge in [-0.3, -0.25) is 9.59 Å². The first-order chi connectivity index (χ1) is 11.4. The molecular formula is C19H22ClNO3. The van der Waals surface area contributed by atoms with E-state index < -0.39 is 5.60 Å². The summed E-state index contributed by atoms with van der Waals surface area (Å²) in [5, 5.41) is 0.645. The molecule has 0 N–H and O–H groups in total. The molecule has 1 aromatic rings. The van der Waals surface area contributed by atoms with Crippen molar-refractivity contribution in [3.8, 4) is 5.75 Å². The Morgan fingerprint density at radius 3 is 2.58 bits per heavy atom. The number of fused-ring (bicyclic) bond motifs is 1. The minimum absolute atomic E-state index is 0.109. The molecule has 0 radical (unpaired) electrons. The summed E-state index contributed by atoms with van der Waals surface area (Å²) >= 11 is 6.29. The zero-order valence-corrected chi connectivity index (χ0v) is 14.9. The molecule has 2 aliphatic heterocycles. The van der Waals surface area contributed by atoms with Crippen LogP contribution in [0.2, 0.25) is 5.02 Å². The van der Waals surface area contributed by atoms with Gasteiger partial charge in [-0.05, 0) is 43.9 Å². The highest BCUT2D eigenvalue weighted by atomic mass is 35.5. The fraction of sp³-hybridized carbons (Fsp3) is 0.579. The molecule has 24 heavy (non-hydrogen) atoms. The number of Topliss-reactive ketones (excluding diaryl/α,β-unsaturated/α-hetero) is 1. The van der Waals surface area contributed by atoms with Crippen LogP contribution in [-0.2, 0) is 4.79 Å². The third-order valence-electron chi connectivity index (χ3n) is 5.65. The van der Waals surface area contributed by atoms with Crippen LogP contribution in [0.25, 0.3) is 0 Å². The van der Waals surface area contributed by atoms with E-state index in [1.165, 1.54) is 0 Å². The van der Waals surface area contributed by atoms with Gasteiger partial charge in [-0.15, -0.1) is 0 Å². The van der Waals surface area contributed by atoms with E-state index in [1.807, 2.05) is 24.8 Å². The van der Waals surface area contributed by atoms with Crippen molar-refractivity contribution in [2.24, 2.45) is 5.92 Å². The van der Waals surface area contributed by atoms with E-state index in [9.17, 15) is 9.59 Å². The van der Waals surface area contributed by atoms with Crippen molar-refractivity contribution >= 4 is 23.3 Å². The summed E-state index contributed by atoms with van der Waals surface area (Å²) in [6, 6.07) is 1.88. The molecule has 1 saturated carbocycles. The smallest absolute Gasteiger partial charge is 0.225 e. The van der Waals surface area contributed by atoms with E-state index in [4.69, 9.17) is 16.3 Å². The molecule has 1 amide bonds. The van der Waals surface area contributed by atoms with Crippen LogP contribution in [0.5, 0.6) is 5.75 Å². The molecule has 3 aliphatic rings. The Balaban J connectivity index is 1.57. The summed E-state index contributed by atoms with van der Waals surface area (Å²) in [5.74, 6) is 1.30. The van der Waals surface area contributed by atoms with Crippen LogP contribution in [0.15, 0.2) is 6.07 Å². The molecule has 4 rings (SSSR count). The summed E-state index contributed by atoms with van der Waals surface area (Å²) in [5.41, 5.74) is 1.91. The number of ketones is 1. The summed E-state index contributed by atoms with van der Waals surface area (Å²) in [7, 11) is 0. The number of aryl methyl sites for hydroxylation is 1. The fourth-order valence-corrected chi connectivity index (χ4v) is 4.15. The lowest BCUT2D eigenvalue weighted by Gasteiger charge is -2.44. The predicted octanol–water partition coefficient (Wildman–Crippen LogP) is 3.69. The molecule has 0 bridgehead atoms. The molecule has 1 aliphatic carbocycles. The van der Waals surface area contributed by atoms with Gasteiger partial charge in [0.1, 0.15) is 11.4 Å². The van der Waals surface area contributed by atoms with Crippen LogP contribution in [0, 0.1) is 19.8 Å². The van der Waals surface area contributed by atoms with Gasteiger partial charge in [0.05, 0.1) is 12.0 Å². The molecule has 2 fully saturated rings. The number of rotatable bonds is 1. The molecule has 1 saturated heterocycles. The standard InChI is InChI=1S/C19H22ClNO3/c1-11-9-15-16(12(2)17(11)20)14(22)10-19(24-15)5-7-21(8-6-19)18(23)13-3-4-13/h9,13H,3-8,10H2,1-2H3. The van der Waals surface area contributed by atoms with E-state index in [0.717, 1.165) is 36.8 Å². The molecule has 2 heterocycles. The monoisotopic (exact) mass is 347 g/mol. The van der Waals surface area contributed by atoms with Gasteiger partial charge in [0.25, 0.3) is 0 Å². The van der Waals surface area contributed by atoms with E-state index in [0.29, 0.717) is 35.8 Å². The second-order valence-corrected chi connectivity index (χ2v) is 7.87. The maximum absolute atomic E-state index is 12.8. The lowest BCUT2D eigenvalue weighted by atomic mass is 9.81. The van der Waals surface area contributed by atoms with Crippen molar-refractivity contribution in [2.75, 3.05) is 13.1 Å². The highest BCUT2D eigenvalue weighted by molar-refractivity contribution is 6.32. The molecule has 1 spiro atoms. The van der Waals surface area contributed by atoms with Gasteiger partial charge in [0, 0.05) is 36.9 Å². The van der Waals surface area contributed by atoms with Gasteiger partial charge < -0.3 is 9.64 Å². The van der Waals surface area contributed by atoms with E-state index in [1.54, 1.807) is 0 Å². The minimum atomic E-state index is -0.461. The molecule has 0 aromatic heterocycles. The molecule has 4 nitrogen and oxygen atoms in total. The lowest BCUT2D eigenvalue weighted by Crippen LogP contribution is -2.52. The highest BCUT2D eigenvalue weighted by Crippen LogP contribution is 2.43. The highest BCUT2D eigenvalue weighted by Gasteiger charge is 2.45. The van der Waals surface area contributed by atoms with Crippen LogP contribution in [0.4, 0.5) is 0 Å². The van der Waals surface area contributed by atoms with Crippen molar-refractivity contribution in [3.05, 3.63) is 27.8 Å². The first-order valence-electron chi connectivity index (χ1n) is 8.71. The molecular weight excluding hydrogens is 326 g/mol. The summed E-state index contributed by atoms with van der Waals surface area (Å²) in [6.45, 7) is 5.18. The number of carbonyl (C=O) groups excluding carboxylic acids is 2. The SMILES string of the molecule is Cc1cc2c(c(C)c1Cl)C(=O)CC1(CCN(C(=O)C3CC3)CC1)O2. The first kappa shape index (κ1) is 15.9. The van der Waals surface area contributed by atoms with E-state index in [-0.39, 0.29) is 17.6 Å². The average Bonchev–Trinajstić information content (AvgIpc) is 3.37. The number of ether oxygens (including phenoxy) is 1. The maximum Gasteiger partial charge on any atom is 0.225 e. The molecule has 128 valence electrons. The number of likely N-dealkylation sites (tertiary alicyclic amines) is 1. The van der Waals surface area contributed by atoms with Crippen LogP contribution in [0.3, 0.4) is 0 Å². The topological polar surface area (TPSA) is 46.6 Å². The van der Waals surface area contributed by atoms with Crippen LogP contribution in [0.1, 0.15) is 53.6 Å². The lowest BCUT2D eigenvalue weighted by molar-refractivity contribution is -0.136. The van der Waals surface area contributed by atoms with Crippen LogP contribution in [-0.4, -0.2) is 35.3 Å². The molecule has 5 heteroatoms. The van der Waals surface area contributed by atoms with Gasteiger partial charge in [-0.2, -0.15) is 0 Å². The summed E-state index contributed by atoms with van der Waals surface area (Å²) in [4.78, 5) is 26.9. The number of carbonyl (C=O) groups is 2. The Labute approximate surface area is 147 Å². The minimum Gasteiger partial charge on any atom is -0.486 e.